The Kier molecular flexibility index (Phi) is 4.69. The number of aromatic amines is 1. The molecule has 29 heavy (non-hydrogen) atoms. The standard InChI is InChI=1S/C22H20F2N4O/c23-16-5-6-19-20(8-16)27-22(26-19)13-29-21-12-28(11-17(21)24)10-14-7-15-3-1-2-4-18(15)25-9-14/h1-9,17,21H,10-13H2,(H,26,27). The molecular weight excluding hydrogens is 374 g/mol. The Morgan fingerprint density at radius 3 is 2.93 bits per heavy atom. The predicted octanol–water partition coefficient (Wildman–Crippen LogP) is 3.99. The van der Waals surface area contributed by atoms with E-state index < -0.39 is 12.3 Å². The monoisotopic (exact) mass is 394 g/mol. The number of hydrogen-bond donors (Lipinski definition) is 1. The molecule has 1 fully saturated rings. The van der Waals surface area contributed by atoms with Gasteiger partial charge in [0.1, 0.15) is 30.5 Å². The van der Waals surface area contributed by atoms with Crippen LogP contribution in [0.4, 0.5) is 8.78 Å². The number of nitrogens with zero attached hydrogens (tertiary/aromatic N) is 3. The van der Waals surface area contributed by atoms with Gasteiger partial charge in [0.2, 0.25) is 0 Å². The molecule has 0 aliphatic carbocycles. The van der Waals surface area contributed by atoms with Crippen LogP contribution in [0.2, 0.25) is 0 Å². The van der Waals surface area contributed by atoms with Crippen molar-refractivity contribution in [3.8, 4) is 0 Å². The van der Waals surface area contributed by atoms with Gasteiger partial charge in [-0.05, 0) is 35.9 Å². The van der Waals surface area contributed by atoms with Gasteiger partial charge in [0, 0.05) is 31.2 Å². The van der Waals surface area contributed by atoms with Crippen molar-refractivity contribution >= 4 is 21.9 Å². The number of halogens is 2. The summed E-state index contributed by atoms with van der Waals surface area (Å²) in [6.07, 6.45) is 0.260. The second kappa shape index (κ2) is 7.50. The molecule has 3 heterocycles. The van der Waals surface area contributed by atoms with Gasteiger partial charge < -0.3 is 9.72 Å². The molecule has 2 aromatic carbocycles. The van der Waals surface area contributed by atoms with Gasteiger partial charge in [0.05, 0.1) is 16.6 Å². The van der Waals surface area contributed by atoms with Crippen LogP contribution in [0.1, 0.15) is 11.4 Å². The summed E-state index contributed by atoms with van der Waals surface area (Å²) in [6.45, 7) is 1.61. The number of benzene rings is 2. The van der Waals surface area contributed by atoms with E-state index in [1.807, 2.05) is 35.4 Å². The first kappa shape index (κ1) is 18.1. The predicted molar refractivity (Wildman–Crippen MR) is 107 cm³/mol. The van der Waals surface area contributed by atoms with Gasteiger partial charge in [0.15, 0.2) is 0 Å². The second-order valence-electron chi connectivity index (χ2n) is 7.44. The van der Waals surface area contributed by atoms with Gasteiger partial charge in [-0.2, -0.15) is 0 Å². The maximum atomic E-state index is 14.5. The molecule has 5 rings (SSSR count). The highest BCUT2D eigenvalue weighted by atomic mass is 19.1. The van der Waals surface area contributed by atoms with Crippen LogP contribution in [0, 0.1) is 5.82 Å². The number of fused-ring (bicyclic) bond motifs is 2. The number of nitrogens with one attached hydrogen (secondary N) is 1. The molecule has 1 aliphatic rings. The molecule has 0 saturated carbocycles. The molecule has 7 heteroatoms. The van der Waals surface area contributed by atoms with E-state index in [0.717, 1.165) is 16.5 Å². The van der Waals surface area contributed by atoms with Crippen LogP contribution in [-0.2, 0) is 17.9 Å². The first-order chi connectivity index (χ1) is 14.1. The lowest BCUT2D eigenvalue weighted by molar-refractivity contribution is 0.00863. The number of H-pyrrole nitrogens is 1. The molecule has 1 aliphatic heterocycles. The van der Waals surface area contributed by atoms with Gasteiger partial charge in [-0.3, -0.25) is 9.88 Å². The first-order valence-corrected chi connectivity index (χ1v) is 9.60. The SMILES string of the molecule is Fc1ccc2nc(COC3CN(Cc4cnc5ccccc5c4)CC3F)[nH]c2c1. The fourth-order valence-electron chi connectivity index (χ4n) is 3.84. The molecule has 1 saturated heterocycles. The lowest BCUT2D eigenvalue weighted by Gasteiger charge is -2.15. The zero-order valence-corrected chi connectivity index (χ0v) is 15.7. The van der Waals surface area contributed by atoms with Crippen LogP contribution in [0.5, 0.6) is 0 Å². The highest BCUT2D eigenvalue weighted by Gasteiger charge is 2.33. The normalized spacial score (nSPS) is 20.1. The number of ether oxygens (including phenoxy) is 1. The van der Waals surface area contributed by atoms with Crippen molar-refractivity contribution in [2.75, 3.05) is 13.1 Å². The Balaban J connectivity index is 1.21. The van der Waals surface area contributed by atoms with Gasteiger partial charge in [-0.1, -0.05) is 18.2 Å². The van der Waals surface area contributed by atoms with Crippen LogP contribution in [0.25, 0.3) is 21.9 Å². The van der Waals surface area contributed by atoms with E-state index in [0.29, 0.717) is 36.5 Å². The summed E-state index contributed by atoms with van der Waals surface area (Å²) in [5, 5.41) is 1.08. The number of aromatic nitrogens is 3. The lowest BCUT2D eigenvalue weighted by Crippen LogP contribution is -2.24. The summed E-state index contributed by atoms with van der Waals surface area (Å²) in [7, 11) is 0. The average Bonchev–Trinajstić information content (AvgIpc) is 3.28. The van der Waals surface area contributed by atoms with E-state index in [1.54, 1.807) is 6.07 Å². The number of pyridine rings is 1. The van der Waals surface area contributed by atoms with Gasteiger partial charge in [-0.15, -0.1) is 0 Å². The number of hydrogen-bond acceptors (Lipinski definition) is 4. The van der Waals surface area contributed by atoms with Gasteiger partial charge in [-0.25, -0.2) is 13.8 Å². The van der Waals surface area contributed by atoms with E-state index in [9.17, 15) is 8.78 Å². The van der Waals surface area contributed by atoms with E-state index in [2.05, 4.69) is 21.0 Å². The summed E-state index contributed by atoms with van der Waals surface area (Å²) in [5.41, 5.74) is 3.28. The molecule has 2 atom stereocenters. The van der Waals surface area contributed by atoms with Crippen molar-refractivity contribution in [2.24, 2.45) is 0 Å². The Bertz CT molecular complexity index is 1160. The molecule has 0 bridgehead atoms. The molecule has 1 N–H and O–H groups in total. The summed E-state index contributed by atoms with van der Waals surface area (Å²) in [5.74, 6) is 0.238. The Morgan fingerprint density at radius 1 is 1.10 bits per heavy atom. The van der Waals surface area contributed by atoms with Crippen LogP contribution in [0.3, 0.4) is 0 Å². The summed E-state index contributed by atoms with van der Waals surface area (Å²) >= 11 is 0. The van der Waals surface area contributed by atoms with E-state index >= 15 is 0 Å². The second-order valence-corrected chi connectivity index (χ2v) is 7.44. The van der Waals surface area contributed by atoms with Crippen LogP contribution >= 0.6 is 0 Å². The molecule has 2 unspecified atom stereocenters. The van der Waals surface area contributed by atoms with Crippen molar-refractivity contribution in [2.45, 2.75) is 25.4 Å². The minimum absolute atomic E-state index is 0.159. The van der Waals surface area contributed by atoms with E-state index in [-0.39, 0.29) is 12.4 Å². The molecule has 0 spiro atoms. The van der Waals surface area contributed by atoms with E-state index in [4.69, 9.17) is 4.74 Å². The number of likely N-dealkylation sites (tertiary alicyclic amines) is 1. The summed E-state index contributed by atoms with van der Waals surface area (Å²) in [4.78, 5) is 13.9. The van der Waals surface area contributed by atoms with Crippen molar-refractivity contribution in [3.63, 3.8) is 0 Å². The van der Waals surface area contributed by atoms with Crippen LogP contribution < -0.4 is 0 Å². The fraction of sp³-hybridized carbons (Fsp3) is 0.273. The van der Waals surface area contributed by atoms with Crippen molar-refractivity contribution < 1.29 is 13.5 Å². The smallest absolute Gasteiger partial charge is 0.140 e. The Labute approximate surface area is 166 Å². The molecule has 5 nitrogen and oxygen atoms in total. The fourth-order valence-corrected chi connectivity index (χ4v) is 3.84. The number of imidazole rings is 1. The molecule has 0 amide bonds. The topological polar surface area (TPSA) is 54.0 Å². The molecule has 0 radical (unpaired) electrons. The summed E-state index contributed by atoms with van der Waals surface area (Å²) in [6, 6.07) is 14.4. The van der Waals surface area contributed by atoms with Crippen molar-refractivity contribution in [1.29, 1.82) is 0 Å². The van der Waals surface area contributed by atoms with Gasteiger partial charge in [0.25, 0.3) is 0 Å². The minimum Gasteiger partial charge on any atom is -0.366 e. The third-order valence-corrected chi connectivity index (χ3v) is 5.25. The molecule has 4 aromatic rings. The maximum absolute atomic E-state index is 14.5. The van der Waals surface area contributed by atoms with Crippen molar-refractivity contribution in [3.05, 3.63) is 71.9 Å². The van der Waals surface area contributed by atoms with E-state index in [1.165, 1.54) is 12.1 Å². The zero-order valence-electron chi connectivity index (χ0n) is 15.7. The highest BCUT2D eigenvalue weighted by Crippen LogP contribution is 2.22. The Hall–Kier alpha value is -2.90. The number of alkyl halides is 1. The summed E-state index contributed by atoms with van der Waals surface area (Å²) < 4.78 is 33.6. The average molecular weight is 394 g/mol. The number of para-hydroxylation sites is 1. The minimum atomic E-state index is -1.06. The van der Waals surface area contributed by atoms with Gasteiger partial charge >= 0.3 is 0 Å². The zero-order chi connectivity index (χ0) is 19.8. The molecular formula is C22H20F2N4O. The quantitative estimate of drug-likeness (QED) is 0.556. The van der Waals surface area contributed by atoms with Crippen LogP contribution in [0.15, 0.2) is 54.7 Å². The third-order valence-electron chi connectivity index (χ3n) is 5.25. The lowest BCUT2D eigenvalue weighted by atomic mass is 10.1. The molecule has 148 valence electrons. The molecule has 2 aromatic heterocycles. The largest absolute Gasteiger partial charge is 0.366 e. The van der Waals surface area contributed by atoms with Crippen LogP contribution in [-0.4, -0.2) is 45.2 Å². The Morgan fingerprint density at radius 2 is 2.00 bits per heavy atom. The highest BCUT2D eigenvalue weighted by molar-refractivity contribution is 5.78. The first-order valence-electron chi connectivity index (χ1n) is 9.60. The van der Waals surface area contributed by atoms with Crippen molar-refractivity contribution in [1.82, 2.24) is 19.9 Å². The third kappa shape index (κ3) is 3.83. The number of rotatable bonds is 5. The maximum Gasteiger partial charge on any atom is 0.140 e.